The lowest BCUT2D eigenvalue weighted by molar-refractivity contribution is -0.141. The predicted octanol–water partition coefficient (Wildman–Crippen LogP) is 0.477. The van der Waals surface area contributed by atoms with Crippen LogP contribution in [0, 0.1) is 6.92 Å². The van der Waals surface area contributed by atoms with Crippen LogP contribution in [0.1, 0.15) is 17.6 Å². The molecule has 2 rings (SSSR count). The zero-order valence-corrected chi connectivity index (χ0v) is 11.6. The molecule has 1 aromatic heterocycles. The topological polar surface area (TPSA) is 56.7 Å². The summed E-state index contributed by atoms with van der Waals surface area (Å²) >= 11 is 1.67. The molecule has 0 aromatic carbocycles. The minimum atomic E-state index is -0.891. The molecule has 100 valence electrons. The van der Waals surface area contributed by atoms with Crippen LogP contribution in [-0.4, -0.2) is 58.1 Å². The zero-order chi connectivity index (χ0) is 13.1. The number of thiazole rings is 1. The van der Waals surface area contributed by atoms with Crippen LogP contribution in [0.5, 0.6) is 0 Å². The molecule has 2 heterocycles. The first-order chi connectivity index (χ1) is 8.56. The molecule has 1 saturated heterocycles. The van der Waals surface area contributed by atoms with E-state index in [4.69, 9.17) is 0 Å². The highest BCUT2D eigenvalue weighted by Crippen LogP contribution is 2.12. The molecule has 0 radical (unpaired) electrons. The molecule has 1 atom stereocenters. The van der Waals surface area contributed by atoms with Gasteiger partial charge in [0, 0.05) is 38.1 Å². The Labute approximate surface area is 111 Å². The maximum atomic E-state index is 11.6. The van der Waals surface area contributed by atoms with Crippen LogP contribution >= 0.6 is 11.3 Å². The molecule has 1 fully saturated rings. The van der Waals surface area contributed by atoms with Crippen molar-refractivity contribution in [2.24, 2.45) is 0 Å². The van der Waals surface area contributed by atoms with Crippen molar-refractivity contribution in [1.82, 2.24) is 14.8 Å². The van der Waals surface area contributed by atoms with E-state index in [1.54, 1.807) is 16.2 Å². The lowest BCUT2D eigenvalue weighted by Crippen LogP contribution is -2.50. The number of amides is 1. The summed E-state index contributed by atoms with van der Waals surface area (Å²) < 4.78 is 0. The quantitative estimate of drug-likeness (QED) is 0.867. The largest absolute Gasteiger partial charge is 0.384 e. The van der Waals surface area contributed by atoms with Gasteiger partial charge in [-0.25, -0.2) is 4.98 Å². The Morgan fingerprint density at radius 2 is 2.17 bits per heavy atom. The van der Waals surface area contributed by atoms with E-state index in [9.17, 15) is 9.90 Å². The molecule has 1 aliphatic heterocycles. The average Bonchev–Trinajstić information content (AvgIpc) is 2.75. The van der Waals surface area contributed by atoms with Crippen LogP contribution < -0.4 is 0 Å². The van der Waals surface area contributed by atoms with Gasteiger partial charge in [-0.15, -0.1) is 11.3 Å². The van der Waals surface area contributed by atoms with Gasteiger partial charge in [-0.1, -0.05) is 0 Å². The Bertz CT molecular complexity index is 411. The minimum absolute atomic E-state index is 0.167. The van der Waals surface area contributed by atoms with Crippen LogP contribution in [-0.2, 0) is 11.3 Å². The number of aliphatic hydroxyl groups is 1. The van der Waals surface area contributed by atoms with Crippen molar-refractivity contribution in [3.63, 3.8) is 0 Å². The molecular formula is C12H19N3O2S. The number of hydrogen-bond acceptors (Lipinski definition) is 5. The second-order valence-electron chi connectivity index (χ2n) is 4.64. The summed E-state index contributed by atoms with van der Waals surface area (Å²) in [6.45, 7) is 7.44. The van der Waals surface area contributed by atoms with Gasteiger partial charge < -0.3 is 10.0 Å². The minimum Gasteiger partial charge on any atom is -0.384 e. The first kappa shape index (κ1) is 13.5. The summed E-state index contributed by atoms with van der Waals surface area (Å²) in [6.07, 6.45) is -0.891. The number of aromatic nitrogens is 1. The molecule has 1 N–H and O–H groups in total. The fourth-order valence-electron chi connectivity index (χ4n) is 2.10. The van der Waals surface area contributed by atoms with Gasteiger partial charge in [-0.2, -0.15) is 0 Å². The highest BCUT2D eigenvalue weighted by molar-refractivity contribution is 7.09. The van der Waals surface area contributed by atoms with E-state index >= 15 is 0 Å². The van der Waals surface area contributed by atoms with Gasteiger partial charge >= 0.3 is 0 Å². The predicted molar refractivity (Wildman–Crippen MR) is 70.4 cm³/mol. The molecule has 18 heavy (non-hydrogen) atoms. The van der Waals surface area contributed by atoms with Crippen LogP contribution in [0.15, 0.2) is 5.38 Å². The second-order valence-corrected chi connectivity index (χ2v) is 5.70. The van der Waals surface area contributed by atoms with Crippen LogP contribution in [0.25, 0.3) is 0 Å². The van der Waals surface area contributed by atoms with Crippen molar-refractivity contribution in [3.8, 4) is 0 Å². The summed E-state index contributed by atoms with van der Waals surface area (Å²) in [5, 5.41) is 12.4. The summed E-state index contributed by atoms with van der Waals surface area (Å²) in [4.78, 5) is 20.1. The Morgan fingerprint density at radius 1 is 1.50 bits per heavy atom. The summed E-state index contributed by atoms with van der Waals surface area (Å²) in [7, 11) is 0. The van der Waals surface area contributed by atoms with E-state index in [-0.39, 0.29) is 5.91 Å². The smallest absolute Gasteiger partial charge is 0.251 e. The molecule has 0 bridgehead atoms. The van der Waals surface area contributed by atoms with E-state index in [0.29, 0.717) is 13.1 Å². The lowest BCUT2D eigenvalue weighted by atomic mass is 10.2. The van der Waals surface area contributed by atoms with E-state index in [1.165, 1.54) is 6.92 Å². The third-order valence-electron chi connectivity index (χ3n) is 3.09. The Balaban J connectivity index is 1.82. The second kappa shape index (κ2) is 5.77. The monoisotopic (exact) mass is 269 g/mol. The van der Waals surface area contributed by atoms with E-state index in [0.717, 1.165) is 30.3 Å². The van der Waals surface area contributed by atoms with Crippen molar-refractivity contribution < 1.29 is 9.90 Å². The number of nitrogens with zero attached hydrogens (tertiary/aromatic N) is 3. The summed E-state index contributed by atoms with van der Waals surface area (Å²) in [5.41, 5.74) is 1.10. The third-order valence-corrected chi connectivity index (χ3v) is 3.92. The molecule has 5 nitrogen and oxygen atoms in total. The Hall–Kier alpha value is -0.980. The fraction of sp³-hybridized carbons (Fsp3) is 0.667. The van der Waals surface area contributed by atoms with Gasteiger partial charge in [0.25, 0.3) is 5.91 Å². The summed E-state index contributed by atoms with van der Waals surface area (Å²) in [5.74, 6) is -0.167. The Morgan fingerprint density at radius 3 is 2.67 bits per heavy atom. The van der Waals surface area contributed by atoms with E-state index < -0.39 is 6.10 Å². The van der Waals surface area contributed by atoms with Gasteiger partial charge in [0.2, 0.25) is 0 Å². The first-order valence-corrected chi connectivity index (χ1v) is 7.04. The van der Waals surface area contributed by atoms with Gasteiger partial charge in [-0.05, 0) is 13.8 Å². The van der Waals surface area contributed by atoms with Crippen molar-refractivity contribution in [2.75, 3.05) is 26.2 Å². The van der Waals surface area contributed by atoms with Crippen molar-refractivity contribution in [1.29, 1.82) is 0 Å². The van der Waals surface area contributed by atoms with E-state index in [1.807, 2.05) is 6.92 Å². The number of rotatable bonds is 3. The van der Waals surface area contributed by atoms with Crippen LogP contribution in [0.3, 0.4) is 0 Å². The molecule has 1 aromatic rings. The summed E-state index contributed by atoms with van der Waals surface area (Å²) in [6, 6.07) is 0. The average molecular weight is 269 g/mol. The van der Waals surface area contributed by atoms with Gasteiger partial charge in [0.05, 0.1) is 10.7 Å². The van der Waals surface area contributed by atoms with Crippen molar-refractivity contribution >= 4 is 17.2 Å². The lowest BCUT2D eigenvalue weighted by Gasteiger charge is -2.34. The molecular weight excluding hydrogens is 250 g/mol. The number of aliphatic hydroxyl groups excluding tert-OH is 1. The van der Waals surface area contributed by atoms with Gasteiger partial charge in [0.15, 0.2) is 0 Å². The number of aryl methyl sites for hydroxylation is 1. The van der Waals surface area contributed by atoms with Crippen LogP contribution in [0.4, 0.5) is 0 Å². The number of piperazine rings is 1. The highest BCUT2D eigenvalue weighted by Gasteiger charge is 2.23. The zero-order valence-electron chi connectivity index (χ0n) is 10.8. The Kier molecular flexibility index (Phi) is 4.31. The standard InChI is InChI=1S/C12H19N3O2S/c1-9(16)12(17)15-5-3-14(4-6-15)7-11-8-18-10(2)13-11/h8-9,16H,3-7H2,1-2H3. The number of hydrogen-bond donors (Lipinski definition) is 1. The maximum Gasteiger partial charge on any atom is 0.251 e. The molecule has 0 aliphatic carbocycles. The molecule has 1 aliphatic rings. The van der Waals surface area contributed by atoms with Crippen LogP contribution in [0.2, 0.25) is 0 Å². The van der Waals surface area contributed by atoms with E-state index in [2.05, 4.69) is 15.3 Å². The van der Waals surface area contributed by atoms with Gasteiger partial charge in [-0.3, -0.25) is 9.69 Å². The van der Waals surface area contributed by atoms with Gasteiger partial charge in [0.1, 0.15) is 6.10 Å². The normalized spacial score (nSPS) is 18.9. The molecule has 0 saturated carbocycles. The molecule has 0 spiro atoms. The fourth-order valence-corrected chi connectivity index (χ4v) is 2.70. The molecule has 1 unspecified atom stereocenters. The molecule has 1 amide bonds. The maximum absolute atomic E-state index is 11.6. The van der Waals surface area contributed by atoms with Crippen molar-refractivity contribution in [3.05, 3.63) is 16.1 Å². The number of carbonyl (C=O) groups excluding carboxylic acids is 1. The number of carbonyl (C=O) groups is 1. The third kappa shape index (κ3) is 3.28. The van der Waals surface area contributed by atoms with Crippen molar-refractivity contribution in [2.45, 2.75) is 26.5 Å². The highest BCUT2D eigenvalue weighted by atomic mass is 32.1. The molecule has 6 heteroatoms. The SMILES string of the molecule is Cc1nc(CN2CCN(C(=O)C(C)O)CC2)cs1. The first-order valence-electron chi connectivity index (χ1n) is 6.16.